The van der Waals surface area contributed by atoms with Crippen LogP contribution in [0.4, 0.5) is 0 Å². The molecule has 3 aliphatic rings. The fourth-order valence-electron chi connectivity index (χ4n) is 6.90. The SMILES string of the molecule is CC(C)Oc1ccc(P)c(OC(C)C)c1C1=CC=CCC1(C1CCCCC1)C1CCCCC1. The molecule has 2 saturated carbocycles. The number of ether oxygens (including phenoxy) is 2. The number of allylic oxidation sites excluding steroid dienone is 4. The maximum Gasteiger partial charge on any atom is 0.138 e. The van der Waals surface area contributed by atoms with Crippen LogP contribution in [0.2, 0.25) is 0 Å². The predicted octanol–water partition coefficient (Wildman–Crippen LogP) is 8.25. The molecule has 3 heteroatoms. The molecule has 0 aromatic heterocycles. The molecule has 1 aromatic carbocycles. The van der Waals surface area contributed by atoms with Gasteiger partial charge in [0.1, 0.15) is 11.5 Å². The molecular formula is C30H45O2P. The minimum absolute atomic E-state index is 0.121. The zero-order valence-corrected chi connectivity index (χ0v) is 22.5. The average molecular weight is 469 g/mol. The van der Waals surface area contributed by atoms with Crippen molar-refractivity contribution in [2.45, 2.75) is 111 Å². The van der Waals surface area contributed by atoms with E-state index in [1.807, 2.05) is 0 Å². The number of rotatable bonds is 7. The Labute approximate surface area is 204 Å². The van der Waals surface area contributed by atoms with Gasteiger partial charge in [-0.2, -0.15) is 0 Å². The lowest BCUT2D eigenvalue weighted by Gasteiger charge is -2.52. The molecule has 1 unspecified atom stereocenters. The second-order valence-electron chi connectivity index (χ2n) is 11.1. The van der Waals surface area contributed by atoms with E-state index in [2.05, 4.69) is 67.3 Å². The first-order valence-corrected chi connectivity index (χ1v) is 14.1. The van der Waals surface area contributed by atoms with Crippen molar-refractivity contribution in [2.75, 3.05) is 0 Å². The highest BCUT2D eigenvalue weighted by molar-refractivity contribution is 7.27. The van der Waals surface area contributed by atoms with Crippen LogP contribution in [0.1, 0.15) is 104 Å². The third-order valence-electron chi connectivity index (χ3n) is 8.16. The van der Waals surface area contributed by atoms with Crippen LogP contribution in [0, 0.1) is 17.3 Å². The Bertz CT molecular complexity index is 836. The molecule has 0 N–H and O–H groups in total. The van der Waals surface area contributed by atoms with E-state index < -0.39 is 0 Å². The highest BCUT2D eigenvalue weighted by Crippen LogP contribution is 2.61. The van der Waals surface area contributed by atoms with E-state index in [0.29, 0.717) is 0 Å². The molecule has 0 amide bonds. The minimum atomic E-state index is 0.121. The van der Waals surface area contributed by atoms with Gasteiger partial charge in [0, 0.05) is 10.7 Å². The number of benzene rings is 1. The van der Waals surface area contributed by atoms with E-state index in [1.165, 1.54) is 75.3 Å². The number of hydrogen-bond donors (Lipinski definition) is 0. The summed E-state index contributed by atoms with van der Waals surface area (Å²) in [4.78, 5) is 0. The zero-order valence-electron chi connectivity index (χ0n) is 21.4. The molecule has 2 fully saturated rings. The molecule has 0 bridgehead atoms. The highest BCUT2D eigenvalue weighted by Gasteiger charge is 2.49. The normalized spacial score (nSPS) is 22.0. The fourth-order valence-corrected chi connectivity index (χ4v) is 7.21. The van der Waals surface area contributed by atoms with E-state index in [1.54, 1.807) is 0 Å². The third kappa shape index (κ3) is 5.22. The molecule has 4 rings (SSSR count). The molecule has 182 valence electrons. The summed E-state index contributed by atoms with van der Waals surface area (Å²) in [7, 11) is 2.93. The van der Waals surface area contributed by atoms with Crippen molar-refractivity contribution in [1.82, 2.24) is 0 Å². The van der Waals surface area contributed by atoms with Crippen LogP contribution in [-0.4, -0.2) is 12.2 Å². The molecule has 33 heavy (non-hydrogen) atoms. The molecule has 2 nitrogen and oxygen atoms in total. The molecular weight excluding hydrogens is 423 g/mol. The lowest BCUT2D eigenvalue weighted by molar-refractivity contribution is 0.0797. The summed E-state index contributed by atoms with van der Waals surface area (Å²) in [5.41, 5.74) is 2.92. The van der Waals surface area contributed by atoms with E-state index in [-0.39, 0.29) is 17.6 Å². The van der Waals surface area contributed by atoms with Crippen LogP contribution in [0.5, 0.6) is 11.5 Å². The summed E-state index contributed by atoms with van der Waals surface area (Å²) in [5.74, 6) is 3.49. The second-order valence-corrected chi connectivity index (χ2v) is 11.7. The van der Waals surface area contributed by atoms with E-state index >= 15 is 0 Å². The van der Waals surface area contributed by atoms with Crippen molar-refractivity contribution >= 4 is 20.1 Å². The molecule has 1 aromatic rings. The van der Waals surface area contributed by atoms with Crippen LogP contribution in [0.25, 0.3) is 5.57 Å². The Hall–Kier alpha value is -1.27. The van der Waals surface area contributed by atoms with Gasteiger partial charge in [-0.25, -0.2) is 0 Å². The summed E-state index contributed by atoms with van der Waals surface area (Å²) in [5, 5.41) is 1.13. The van der Waals surface area contributed by atoms with Crippen molar-refractivity contribution in [1.29, 1.82) is 0 Å². The Morgan fingerprint density at radius 2 is 1.39 bits per heavy atom. The second kappa shape index (κ2) is 11.0. The van der Waals surface area contributed by atoms with Crippen molar-refractivity contribution < 1.29 is 9.47 Å². The summed E-state index contributed by atoms with van der Waals surface area (Å²) < 4.78 is 13.0. The Morgan fingerprint density at radius 1 is 0.818 bits per heavy atom. The van der Waals surface area contributed by atoms with Gasteiger partial charge in [0.25, 0.3) is 0 Å². The maximum absolute atomic E-state index is 6.55. The zero-order chi connectivity index (χ0) is 23.4. The molecule has 0 heterocycles. The molecule has 0 aliphatic heterocycles. The topological polar surface area (TPSA) is 18.5 Å². The van der Waals surface area contributed by atoms with E-state index in [4.69, 9.17) is 9.47 Å². The van der Waals surface area contributed by atoms with Gasteiger partial charge < -0.3 is 9.47 Å². The molecule has 0 spiro atoms. The van der Waals surface area contributed by atoms with Gasteiger partial charge >= 0.3 is 0 Å². The fraction of sp³-hybridized carbons (Fsp3) is 0.667. The first kappa shape index (κ1) is 24.8. The Balaban J connectivity index is 1.92. The first-order valence-electron chi connectivity index (χ1n) is 13.6. The van der Waals surface area contributed by atoms with Gasteiger partial charge in [0.15, 0.2) is 0 Å². The van der Waals surface area contributed by atoms with Crippen LogP contribution < -0.4 is 14.8 Å². The van der Waals surface area contributed by atoms with Crippen LogP contribution in [0.15, 0.2) is 30.4 Å². The largest absolute Gasteiger partial charge is 0.490 e. The molecule has 1 atom stereocenters. The lowest BCUT2D eigenvalue weighted by atomic mass is 9.52. The van der Waals surface area contributed by atoms with Crippen molar-refractivity contribution in [3.05, 3.63) is 35.9 Å². The van der Waals surface area contributed by atoms with Crippen LogP contribution in [-0.2, 0) is 0 Å². The van der Waals surface area contributed by atoms with Gasteiger partial charge in [-0.15, -0.1) is 9.24 Å². The number of hydrogen-bond acceptors (Lipinski definition) is 2. The first-order chi connectivity index (χ1) is 15.9. The Morgan fingerprint density at radius 3 is 1.94 bits per heavy atom. The Kier molecular flexibility index (Phi) is 8.27. The van der Waals surface area contributed by atoms with Gasteiger partial charge in [-0.3, -0.25) is 0 Å². The standard InChI is InChI=1S/C30H45O2P/c1-21(2)31-26-18-19-27(33)29(32-22(3)4)28(26)25-17-11-12-20-30(25,23-13-7-5-8-14-23)24-15-9-6-10-16-24/h11-12,17-19,21-24H,5-10,13-16,20,33H2,1-4H3. The van der Waals surface area contributed by atoms with Gasteiger partial charge in [0.2, 0.25) is 0 Å². The van der Waals surface area contributed by atoms with Gasteiger partial charge in [-0.1, -0.05) is 56.8 Å². The van der Waals surface area contributed by atoms with Gasteiger partial charge in [0.05, 0.1) is 17.8 Å². The van der Waals surface area contributed by atoms with Crippen molar-refractivity contribution in [3.8, 4) is 11.5 Å². The van der Waals surface area contributed by atoms with E-state index in [0.717, 1.165) is 35.1 Å². The summed E-state index contributed by atoms with van der Waals surface area (Å²) >= 11 is 0. The van der Waals surface area contributed by atoms with E-state index in [9.17, 15) is 0 Å². The molecule has 3 aliphatic carbocycles. The summed E-state index contributed by atoms with van der Waals surface area (Å²) in [6.45, 7) is 8.53. The smallest absolute Gasteiger partial charge is 0.138 e. The molecule has 0 saturated heterocycles. The highest BCUT2D eigenvalue weighted by atomic mass is 31.0. The quantitative estimate of drug-likeness (QED) is 0.375. The summed E-state index contributed by atoms with van der Waals surface area (Å²) in [6, 6.07) is 4.32. The van der Waals surface area contributed by atoms with Crippen molar-refractivity contribution in [3.63, 3.8) is 0 Å². The predicted molar refractivity (Wildman–Crippen MR) is 145 cm³/mol. The third-order valence-corrected chi connectivity index (χ3v) is 8.61. The lowest BCUT2D eigenvalue weighted by Crippen LogP contribution is -2.42. The van der Waals surface area contributed by atoms with Gasteiger partial charge in [-0.05, 0) is 89.3 Å². The molecule has 0 radical (unpaired) electrons. The average Bonchev–Trinajstić information content (AvgIpc) is 2.82. The minimum Gasteiger partial charge on any atom is -0.490 e. The van der Waals surface area contributed by atoms with Crippen LogP contribution in [0.3, 0.4) is 0 Å². The monoisotopic (exact) mass is 468 g/mol. The maximum atomic E-state index is 6.55. The summed E-state index contributed by atoms with van der Waals surface area (Å²) in [6.07, 6.45) is 22.4. The van der Waals surface area contributed by atoms with Crippen molar-refractivity contribution in [2.24, 2.45) is 17.3 Å². The van der Waals surface area contributed by atoms with Crippen LogP contribution >= 0.6 is 9.24 Å².